The molecule has 1 aliphatic rings. The number of carbonyl (C=O) groups excluding carboxylic acids is 2. The number of quaternary nitrogens is 1. The quantitative estimate of drug-likeness (QED) is 0.764. The molecule has 0 spiro atoms. The molecular formula is C18H25F3N3O2+. The van der Waals surface area contributed by atoms with Gasteiger partial charge in [0.15, 0.2) is 6.54 Å². The summed E-state index contributed by atoms with van der Waals surface area (Å²) in [6.45, 7) is 5.37. The zero-order chi connectivity index (χ0) is 19.2. The van der Waals surface area contributed by atoms with Crippen LogP contribution in [0.4, 0.5) is 13.2 Å². The zero-order valence-electron chi connectivity index (χ0n) is 14.9. The van der Waals surface area contributed by atoms with Crippen molar-refractivity contribution in [3.63, 3.8) is 0 Å². The molecule has 8 heteroatoms. The van der Waals surface area contributed by atoms with E-state index >= 15 is 0 Å². The third kappa shape index (κ3) is 6.01. The van der Waals surface area contributed by atoms with Crippen LogP contribution in [0.3, 0.4) is 0 Å². The lowest BCUT2D eigenvalue weighted by Gasteiger charge is -2.32. The number of carbonyl (C=O) groups is 2. The van der Waals surface area contributed by atoms with Gasteiger partial charge >= 0.3 is 6.18 Å². The van der Waals surface area contributed by atoms with Gasteiger partial charge in [-0.2, -0.15) is 13.2 Å². The van der Waals surface area contributed by atoms with Crippen molar-refractivity contribution in [2.45, 2.75) is 25.9 Å². The smallest absolute Gasteiger partial charge is 0.351 e. The molecule has 1 saturated heterocycles. The Kier molecular flexibility index (Phi) is 7.02. The maximum Gasteiger partial charge on any atom is 0.416 e. The predicted molar refractivity (Wildman–Crippen MR) is 90.6 cm³/mol. The van der Waals surface area contributed by atoms with E-state index in [1.807, 2.05) is 6.92 Å². The number of benzene rings is 1. The van der Waals surface area contributed by atoms with E-state index in [1.165, 1.54) is 12.1 Å². The molecule has 0 bridgehead atoms. The fourth-order valence-corrected chi connectivity index (χ4v) is 2.95. The third-order valence-electron chi connectivity index (χ3n) is 4.42. The summed E-state index contributed by atoms with van der Waals surface area (Å²) in [7, 11) is 0. The monoisotopic (exact) mass is 372 g/mol. The van der Waals surface area contributed by atoms with Gasteiger partial charge in [0, 0.05) is 6.54 Å². The van der Waals surface area contributed by atoms with Crippen molar-refractivity contribution in [2.75, 3.05) is 39.3 Å². The number of nitrogens with zero attached hydrogens (tertiary/aromatic N) is 1. The second-order valence-corrected chi connectivity index (χ2v) is 6.53. The first-order chi connectivity index (χ1) is 12.3. The van der Waals surface area contributed by atoms with E-state index in [0.717, 1.165) is 23.5 Å². The fraction of sp³-hybridized carbons (Fsp3) is 0.556. The Bertz CT molecular complexity index is 626. The van der Waals surface area contributed by atoms with Gasteiger partial charge in [0.05, 0.1) is 38.2 Å². The van der Waals surface area contributed by atoms with Crippen LogP contribution in [0.2, 0.25) is 0 Å². The summed E-state index contributed by atoms with van der Waals surface area (Å²) < 4.78 is 38.3. The number of rotatable bonds is 6. The van der Waals surface area contributed by atoms with Crippen molar-refractivity contribution in [1.82, 2.24) is 10.2 Å². The Morgan fingerprint density at radius 1 is 1.23 bits per heavy atom. The molecule has 2 rings (SSSR count). The minimum atomic E-state index is -4.41. The largest absolute Gasteiger partial charge is 0.416 e. The van der Waals surface area contributed by atoms with Crippen LogP contribution < -0.4 is 10.2 Å². The molecule has 0 unspecified atom stereocenters. The molecule has 144 valence electrons. The fourth-order valence-electron chi connectivity index (χ4n) is 2.95. The molecule has 5 nitrogen and oxygen atoms in total. The lowest BCUT2D eigenvalue weighted by Crippen LogP contribution is -3.15. The number of amides is 2. The Morgan fingerprint density at radius 3 is 2.54 bits per heavy atom. The standard InChI is InChI=1S/C18H24F3N3O2/c1-2-6-22-16(25)13-23-7-9-24(10-8-23)17(26)12-14-4-3-5-15(11-14)18(19,20)21/h3-5,11H,2,6-10,12-13H2,1H3,(H,22,25)/p+1. The molecule has 1 aliphatic heterocycles. The van der Waals surface area contributed by atoms with Crippen molar-refractivity contribution < 1.29 is 27.7 Å². The highest BCUT2D eigenvalue weighted by Gasteiger charge is 2.31. The van der Waals surface area contributed by atoms with E-state index in [0.29, 0.717) is 44.8 Å². The SMILES string of the molecule is CCCNC(=O)C[NH+]1CCN(C(=O)Cc2cccc(C(F)(F)F)c2)CC1. The van der Waals surface area contributed by atoms with Crippen LogP contribution in [0.1, 0.15) is 24.5 Å². The lowest BCUT2D eigenvalue weighted by atomic mass is 10.1. The number of nitrogens with one attached hydrogen (secondary N) is 2. The highest BCUT2D eigenvalue weighted by Crippen LogP contribution is 2.29. The van der Waals surface area contributed by atoms with E-state index < -0.39 is 11.7 Å². The third-order valence-corrected chi connectivity index (χ3v) is 4.42. The normalized spacial score (nSPS) is 15.8. The van der Waals surface area contributed by atoms with Gasteiger partial charge < -0.3 is 15.1 Å². The molecule has 26 heavy (non-hydrogen) atoms. The maximum atomic E-state index is 12.8. The van der Waals surface area contributed by atoms with Crippen LogP contribution in [-0.2, 0) is 22.2 Å². The van der Waals surface area contributed by atoms with Gasteiger partial charge in [0.1, 0.15) is 0 Å². The summed E-state index contributed by atoms with van der Waals surface area (Å²) in [6.07, 6.45) is -3.57. The summed E-state index contributed by atoms with van der Waals surface area (Å²) in [5.74, 6) is -0.176. The van der Waals surface area contributed by atoms with E-state index in [4.69, 9.17) is 0 Å². The molecule has 1 aromatic carbocycles. The number of halogens is 3. The average molecular weight is 372 g/mol. The highest BCUT2D eigenvalue weighted by atomic mass is 19.4. The van der Waals surface area contributed by atoms with Gasteiger partial charge in [0.2, 0.25) is 5.91 Å². The summed E-state index contributed by atoms with van der Waals surface area (Å²) in [5.41, 5.74) is -0.381. The topological polar surface area (TPSA) is 53.9 Å². The number of hydrogen-bond donors (Lipinski definition) is 2. The van der Waals surface area contributed by atoms with Gasteiger partial charge in [-0.3, -0.25) is 9.59 Å². The molecular weight excluding hydrogens is 347 g/mol. The molecule has 0 saturated carbocycles. The van der Waals surface area contributed by atoms with E-state index in [9.17, 15) is 22.8 Å². The van der Waals surface area contributed by atoms with Crippen LogP contribution in [0.15, 0.2) is 24.3 Å². The molecule has 1 aromatic rings. The van der Waals surface area contributed by atoms with Crippen molar-refractivity contribution in [3.05, 3.63) is 35.4 Å². The molecule has 0 aliphatic carbocycles. The van der Waals surface area contributed by atoms with Crippen molar-refractivity contribution in [1.29, 1.82) is 0 Å². The molecule has 2 amide bonds. The maximum absolute atomic E-state index is 12.8. The van der Waals surface area contributed by atoms with Gasteiger partial charge in [-0.05, 0) is 18.1 Å². The minimum Gasteiger partial charge on any atom is -0.351 e. The van der Waals surface area contributed by atoms with Gasteiger partial charge in [0.25, 0.3) is 5.91 Å². The highest BCUT2D eigenvalue weighted by molar-refractivity contribution is 5.79. The number of piperazine rings is 1. The van der Waals surface area contributed by atoms with Crippen molar-refractivity contribution in [2.24, 2.45) is 0 Å². The summed E-state index contributed by atoms with van der Waals surface area (Å²) in [6, 6.07) is 4.88. The summed E-state index contributed by atoms with van der Waals surface area (Å²) in [5, 5.41) is 2.83. The first kappa shape index (κ1) is 20.2. The Balaban J connectivity index is 1.82. The Hall–Kier alpha value is -2.09. The second-order valence-electron chi connectivity index (χ2n) is 6.53. The van der Waals surface area contributed by atoms with Crippen LogP contribution in [-0.4, -0.2) is 56.0 Å². The second kappa shape index (κ2) is 9.02. The first-order valence-corrected chi connectivity index (χ1v) is 8.83. The van der Waals surface area contributed by atoms with Crippen LogP contribution in [0.5, 0.6) is 0 Å². The molecule has 0 atom stereocenters. The molecule has 1 heterocycles. The molecule has 0 aromatic heterocycles. The van der Waals surface area contributed by atoms with Crippen molar-refractivity contribution >= 4 is 11.8 Å². The number of alkyl halides is 3. The summed E-state index contributed by atoms with van der Waals surface area (Å²) >= 11 is 0. The van der Waals surface area contributed by atoms with E-state index in [2.05, 4.69) is 5.32 Å². The van der Waals surface area contributed by atoms with Crippen molar-refractivity contribution in [3.8, 4) is 0 Å². The molecule has 0 radical (unpaired) electrons. The zero-order valence-corrected chi connectivity index (χ0v) is 14.9. The molecule has 2 N–H and O–H groups in total. The van der Waals surface area contributed by atoms with E-state index in [-0.39, 0.29) is 18.2 Å². The van der Waals surface area contributed by atoms with Crippen LogP contribution in [0, 0.1) is 0 Å². The van der Waals surface area contributed by atoms with Gasteiger partial charge in [-0.1, -0.05) is 25.1 Å². The molecule has 1 fully saturated rings. The lowest BCUT2D eigenvalue weighted by molar-refractivity contribution is -0.896. The van der Waals surface area contributed by atoms with Crippen LogP contribution in [0.25, 0.3) is 0 Å². The Morgan fingerprint density at radius 2 is 1.92 bits per heavy atom. The predicted octanol–water partition coefficient (Wildman–Crippen LogP) is 0.501. The summed E-state index contributed by atoms with van der Waals surface area (Å²) in [4.78, 5) is 26.9. The first-order valence-electron chi connectivity index (χ1n) is 8.83. The van der Waals surface area contributed by atoms with Gasteiger partial charge in [-0.15, -0.1) is 0 Å². The average Bonchev–Trinajstić information content (AvgIpc) is 2.60. The van der Waals surface area contributed by atoms with Gasteiger partial charge in [-0.25, -0.2) is 0 Å². The number of hydrogen-bond acceptors (Lipinski definition) is 2. The van der Waals surface area contributed by atoms with Crippen LogP contribution >= 0.6 is 0 Å². The van der Waals surface area contributed by atoms with E-state index in [1.54, 1.807) is 4.90 Å². The minimum absolute atomic E-state index is 0.00518. The Labute approximate surface area is 151 Å².